The van der Waals surface area contributed by atoms with Gasteiger partial charge in [0, 0.05) is 16.2 Å². The lowest BCUT2D eigenvalue weighted by atomic mass is 10.0. The van der Waals surface area contributed by atoms with Crippen molar-refractivity contribution in [3.05, 3.63) is 75.4 Å². The molecule has 1 heterocycles. The zero-order valence-electron chi connectivity index (χ0n) is 15.2. The maximum Gasteiger partial charge on any atom is 0.340 e. The minimum absolute atomic E-state index is 0.251. The Kier molecular flexibility index (Phi) is 5.46. The van der Waals surface area contributed by atoms with E-state index in [0.717, 1.165) is 10.0 Å². The first kappa shape index (κ1) is 18.9. The Morgan fingerprint density at radius 3 is 2.52 bits per heavy atom. The number of rotatable bonds is 4. The van der Waals surface area contributed by atoms with Crippen molar-refractivity contribution in [2.75, 3.05) is 19.1 Å². The first-order valence-corrected chi connectivity index (χ1v) is 9.01. The van der Waals surface area contributed by atoms with Crippen LogP contribution in [-0.2, 0) is 14.3 Å². The van der Waals surface area contributed by atoms with Crippen molar-refractivity contribution in [2.24, 2.45) is 0 Å². The summed E-state index contributed by atoms with van der Waals surface area (Å²) in [4.78, 5) is 27.1. The molecule has 0 saturated carbocycles. The van der Waals surface area contributed by atoms with Gasteiger partial charge in [0.05, 0.1) is 31.1 Å². The second-order valence-electron chi connectivity index (χ2n) is 5.87. The predicted molar refractivity (Wildman–Crippen MR) is 107 cm³/mol. The summed E-state index contributed by atoms with van der Waals surface area (Å²) in [6.45, 7) is 1.73. The van der Waals surface area contributed by atoms with E-state index < -0.39 is 5.97 Å². The molecule has 0 saturated heterocycles. The van der Waals surface area contributed by atoms with Crippen LogP contribution in [0.2, 0.25) is 0 Å². The molecule has 1 aliphatic heterocycles. The molecule has 5 nitrogen and oxygen atoms in total. The van der Waals surface area contributed by atoms with Crippen molar-refractivity contribution in [1.82, 2.24) is 0 Å². The number of halogens is 1. The second kappa shape index (κ2) is 7.80. The molecule has 3 rings (SSSR count). The van der Waals surface area contributed by atoms with E-state index in [1.165, 1.54) is 12.0 Å². The summed E-state index contributed by atoms with van der Waals surface area (Å²) in [5, 5.41) is 0. The van der Waals surface area contributed by atoms with Crippen LogP contribution in [0.4, 0.5) is 5.69 Å². The van der Waals surface area contributed by atoms with Gasteiger partial charge < -0.3 is 9.47 Å². The van der Waals surface area contributed by atoms with Crippen LogP contribution < -0.4 is 9.64 Å². The molecule has 0 atom stereocenters. The van der Waals surface area contributed by atoms with Crippen LogP contribution in [0.1, 0.15) is 12.5 Å². The van der Waals surface area contributed by atoms with Crippen LogP contribution in [0.5, 0.6) is 5.75 Å². The van der Waals surface area contributed by atoms with E-state index in [1.54, 1.807) is 44.4 Å². The van der Waals surface area contributed by atoms with E-state index in [-0.39, 0.29) is 17.1 Å². The summed E-state index contributed by atoms with van der Waals surface area (Å²) < 4.78 is 11.0. The van der Waals surface area contributed by atoms with Crippen LogP contribution in [0, 0.1) is 0 Å². The van der Waals surface area contributed by atoms with Crippen LogP contribution in [-0.4, -0.2) is 26.1 Å². The number of anilines is 1. The smallest absolute Gasteiger partial charge is 0.340 e. The Labute approximate surface area is 166 Å². The normalized spacial score (nSPS) is 15.5. The first-order chi connectivity index (χ1) is 13.0. The van der Waals surface area contributed by atoms with Gasteiger partial charge in [0.2, 0.25) is 0 Å². The highest BCUT2D eigenvalue weighted by molar-refractivity contribution is 9.10. The lowest BCUT2D eigenvalue weighted by Gasteiger charge is -2.18. The van der Waals surface area contributed by atoms with Crippen molar-refractivity contribution in [1.29, 1.82) is 0 Å². The van der Waals surface area contributed by atoms with Gasteiger partial charge in [0.15, 0.2) is 0 Å². The Bertz CT molecular complexity index is 978. The molecule has 2 aromatic carbocycles. The molecule has 0 bridgehead atoms. The fourth-order valence-electron chi connectivity index (χ4n) is 2.99. The molecular formula is C21H18BrNO4. The van der Waals surface area contributed by atoms with Gasteiger partial charge in [-0.2, -0.15) is 0 Å². The summed E-state index contributed by atoms with van der Waals surface area (Å²) >= 11 is 3.47. The molecule has 138 valence electrons. The molecule has 2 aromatic rings. The van der Waals surface area contributed by atoms with Gasteiger partial charge in [-0.15, -0.1) is 0 Å². The van der Waals surface area contributed by atoms with E-state index in [4.69, 9.17) is 9.47 Å². The fraction of sp³-hybridized carbons (Fsp3) is 0.143. The highest BCUT2D eigenvalue weighted by Crippen LogP contribution is 2.37. The summed E-state index contributed by atoms with van der Waals surface area (Å²) in [6.07, 6.45) is 1.70. The van der Waals surface area contributed by atoms with Gasteiger partial charge in [-0.05, 0) is 36.8 Å². The number of methoxy groups -OCH3 is 2. The number of esters is 1. The number of ether oxygens (including phenoxy) is 2. The van der Waals surface area contributed by atoms with Crippen LogP contribution in [0.15, 0.2) is 69.8 Å². The van der Waals surface area contributed by atoms with Crippen LogP contribution >= 0.6 is 15.9 Å². The number of carbonyl (C=O) groups is 2. The van der Waals surface area contributed by atoms with E-state index in [1.807, 2.05) is 24.3 Å². The van der Waals surface area contributed by atoms with Gasteiger partial charge in [-0.25, -0.2) is 4.79 Å². The molecule has 0 radical (unpaired) electrons. The van der Waals surface area contributed by atoms with Crippen LogP contribution in [0.3, 0.4) is 0 Å². The van der Waals surface area contributed by atoms with Gasteiger partial charge in [0.25, 0.3) is 5.91 Å². The average molecular weight is 428 g/mol. The number of hydrogen-bond donors (Lipinski definition) is 0. The molecular weight excluding hydrogens is 410 g/mol. The number of carbonyl (C=O) groups excluding carboxylic acids is 2. The van der Waals surface area contributed by atoms with Crippen molar-refractivity contribution in [2.45, 2.75) is 6.92 Å². The van der Waals surface area contributed by atoms with E-state index in [0.29, 0.717) is 17.1 Å². The van der Waals surface area contributed by atoms with Gasteiger partial charge in [0.1, 0.15) is 5.75 Å². The number of allylic oxidation sites excluding steroid dienone is 1. The standard InChI is InChI=1S/C21H18BrNO4/c1-13-19(21(25)27-3)17(11-14-7-4-5-10-18(14)22)20(24)23(13)15-8-6-9-16(12-15)26-2/h4-12H,1-3H3/b17-11-. The zero-order chi connectivity index (χ0) is 19.6. The fourth-order valence-corrected chi connectivity index (χ4v) is 3.39. The number of hydrogen-bond acceptors (Lipinski definition) is 4. The molecule has 0 N–H and O–H groups in total. The molecule has 0 aliphatic carbocycles. The highest BCUT2D eigenvalue weighted by Gasteiger charge is 2.38. The summed E-state index contributed by atoms with van der Waals surface area (Å²) in [6, 6.07) is 14.6. The molecule has 0 fully saturated rings. The minimum Gasteiger partial charge on any atom is -0.497 e. The maximum absolute atomic E-state index is 13.2. The lowest BCUT2D eigenvalue weighted by Crippen LogP contribution is -2.24. The Morgan fingerprint density at radius 1 is 1.11 bits per heavy atom. The van der Waals surface area contributed by atoms with Gasteiger partial charge in [-0.1, -0.05) is 40.2 Å². The van der Waals surface area contributed by atoms with E-state index >= 15 is 0 Å². The third-order valence-corrected chi connectivity index (χ3v) is 5.03. The number of nitrogens with zero attached hydrogens (tertiary/aromatic N) is 1. The predicted octanol–water partition coefficient (Wildman–Crippen LogP) is 4.33. The molecule has 0 aromatic heterocycles. The quantitative estimate of drug-likeness (QED) is 0.537. The van der Waals surface area contributed by atoms with Crippen molar-refractivity contribution in [3.63, 3.8) is 0 Å². The summed E-state index contributed by atoms with van der Waals surface area (Å²) in [5.74, 6) is -0.225. The molecule has 0 spiro atoms. The second-order valence-corrected chi connectivity index (χ2v) is 6.73. The van der Waals surface area contributed by atoms with Gasteiger partial charge >= 0.3 is 5.97 Å². The van der Waals surface area contributed by atoms with E-state index in [9.17, 15) is 9.59 Å². The lowest BCUT2D eigenvalue weighted by molar-refractivity contribution is -0.136. The van der Waals surface area contributed by atoms with E-state index in [2.05, 4.69) is 15.9 Å². The summed E-state index contributed by atoms with van der Waals surface area (Å²) in [5.41, 5.74) is 2.46. The van der Waals surface area contributed by atoms with Gasteiger partial charge in [-0.3, -0.25) is 9.69 Å². The minimum atomic E-state index is -0.551. The highest BCUT2D eigenvalue weighted by atomic mass is 79.9. The Hall–Kier alpha value is -2.86. The first-order valence-electron chi connectivity index (χ1n) is 8.22. The van der Waals surface area contributed by atoms with Crippen molar-refractivity contribution >= 4 is 39.6 Å². The molecule has 1 amide bonds. The molecule has 27 heavy (non-hydrogen) atoms. The van der Waals surface area contributed by atoms with Crippen LogP contribution in [0.25, 0.3) is 6.08 Å². The third kappa shape index (κ3) is 3.53. The monoisotopic (exact) mass is 427 g/mol. The third-order valence-electron chi connectivity index (χ3n) is 4.31. The SMILES string of the molecule is COC(=O)C1=C(C)N(c2cccc(OC)c2)C(=O)/C1=C\c1ccccc1Br. The topological polar surface area (TPSA) is 55.8 Å². The van der Waals surface area contributed by atoms with Crippen molar-refractivity contribution < 1.29 is 19.1 Å². The van der Waals surface area contributed by atoms with Crippen molar-refractivity contribution in [3.8, 4) is 5.75 Å². The largest absolute Gasteiger partial charge is 0.497 e. The Morgan fingerprint density at radius 2 is 1.85 bits per heavy atom. The molecule has 1 aliphatic rings. The number of benzene rings is 2. The zero-order valence-corrected chi connectivity index (χ0v) is 16.7. The maximum atomic E-state index is 13.2. The molecule has 0 unspecified atom stereocenters. The average Bonchev–Trinajstić information content (AvgIpc) is 2.93. The summed E-state index contributed by atoms with van der Waals surface area (Å²) in [7, 11) is 2.86. The Balaban J connectivity index is 2.16. The number of amides is 1. The molecule has 6 heteroatoms.